The summed E-state index contributed by atoms with van der Waals surface area (Å²) in [6.45, 7) is 7.17. The van der Waals surface area contributed by atoms with E-state index >= 15 is 0 Å². The lowest BCUT2D eigenvalue weighted by atomic mass is 9.93. The monoisotopic (exact) mass is 256 g/mol. The molecule has 0 radical (unpaired) electrons. The van der Waals surface area contributed by atoms with Gasteiger partial charge in [-0.2, -0.15) is 0 Å². The molecular weight excluding hydrogens is 228 g/mol. The van der Waals surface area contributed by atoms with Crippen LogP contribution < -0.4 is 5.73 Å². The summed E-state index contributed by atoms with van der Waals surface area (Å²) in [5.41, 5.74) is 5.55. The van der Waals surface area contributed by atoms with Gasteiger partial charge in [0.05, 0.1) is 6.61 Å². The fourth-order valence-corrected chi connectivity index (χ4v) is 2.68. The van der Waals surface area contributed by atoms with Crippen LogP contribution in [-0.4, -0.2) is 42.6 Å². The van der Waals surface area contributed by atoms with Crippen LogP contribution in [0, 0.1) is 5.92 Å². The first-order chi connectivity index (χ1) is 8.49. The molecule has 0 saturated heterocycles. The molecular formula is C14H28N2O2. The first-order valence-electron chi connectivity index (χ1n) is 7.15. The Balaban J connectivity index is 2.70. The quantitative estimate of drug-likeness (QED) is 0.673. The Hall–Kier alpha value is -0.610. The van der Waals surface area contributed by atoms with Gasteiger partial charge in [0.15, 0.2) is 0 Å². The summed E-state index contributed by atoms with van der Waals surface area (Å²) in [5, 5.41) is 0. The molecule has 0 bridgehead atoms. The van der Waals surface area contributed by atoms with Gasteiger partial charge in [-0.3, -0.25) is 0 Å². The minimum absolute atomic E-state index is 0.231. The SMILES string of the molecule is CCOC(=O)C(N)(CN(C)C(CC)CC)C1CC1. The summed E-state index contributed by atoms with van der Waals surface area (Å²) in [7, 11) is 2.06. The van der Waals surface area contributed by atoms with Crippen LogP contribution in [-0.2, 0) is 9.53 Å². The molecule has 0 aromatic heterocycles. The molecule has 0 heterocycles. The molecule has 1 unspecified atom stereocenters. The van der Waals surface area contributed by atoms with Gasteiger partial charge in [-0.1, -0.05) is 13.8 Å². The molecule has 1 fully saturated rings. The molecule has 0 spiro atoms. The van der Waals surface area contributed by atoms with Crippen LogP contribution in [0.15, 0.2) is 0 Å². The maximum Gasteiger partial charge on any atom is 0.327 e. The number of hydrogen-bond acceptors (Lipinski definition) is 4. The van der Waals surface area contributed by atoms with Gasteiger partial charge >= 0.3 is 5.97 Å². The highest BCUT2D eigenvalue weighted by molar-refractivity contribution is 5.82. The average molecular weight is 256 g/mol. The van der Waals surface area contributed by atoms with Gasteiger partial charge in [0.25, 0.3) is 0 Å². The van der Waals surface area contributed by atoms with Crippen LogP contribution in [0.3, 0.4) is 0 Å². The number of carbonyl (C=O) groups excluding carboxylic acids is 1. The van der Waals surface area contributed by atoms with E-state index < -0.39 is 5.54 Å². The molecule has 1 saturated carbocycles. The zero-order valence-electron chi connectivity index (χ0n) is 12.2. The van der Waals surface area contributed by atoms with E-state index in [2.05, 4.69) is 25.8 Å². The molecule has 4 nitrogen and oxygen atoms in total. The second-order valence-electron chi connectivity index (χ2n) is 5.42. The molecule has 1 aliphatic rings. The molecule has 1 aliphatic carbocycles. The average Bonchev–Trinajstić information content (AvgIpc) is 3.14. The van der Waals surface area contributed by atoms with Gasteiger partial charge < -0.3 is 15.4 Å². The Morgan fingerprint density at radius 3 is 2.33 bits per heavy atom. The lowest BCUT2D eigenvalue weighted by molar-refractivity contribution is -0.151. The highest BCUT2D eigenvalue weighted by Crippen LogP contribution is 2.39. The van der Waals surface area contributed by atoms with Gasteiger partial charge in [0.2, 0.25) is 0 Å². The third-order valence-electron chi connectivity index (χ3n) is 4.04. The number of rotatable bonds is 8. The summed E-state index contributed by atoms with van der Waals surface area (Å²) in [6, 6.07) is 0.487. The normalized spacial score (nSPS) is 19.1. The standard InChI is InChI=1S/C14H28N2O2/c1-5-12(6-2)16(4)10-14(15,11-8-9-11)13(17)18-7-3/h11-12H,5-10,15H2,1-4H3. The Bertz CT molecular complexity index is 275. The van der Waals surface area contributed by atoms with Crippen molar-refractivity contribution in [1.29, 1.82) is 0 Å². The Labute approximate surface area is 111 Å². The molecule has 2 N–H and O–H groups in total. The number of likely N-dealkylation sites (N-methyl/N-ethyl adjacent to an activating group) is 1. The molecule has 1 rings (SSSR count). The van der Waals surface area contributed by atoms with Crippen LogP contribution in [0.25, 0.3) is 0 Å². The van der Waals surface area contributed by atoms with Crippen LogP contribution in [0.1, 0.15) is 46.5 Å². The zero-order valence-corrected chi connectivity index (χ0v) is 12.2. The van der Waals surface area contributed by atoms with Crippen molar-refractivity contribution in [1.82, 2.24) is 4.90 Å². The predicted octanol–water partition coefficient (Wildman–Crippen LogP) is 1.78. The smallest absolute Gasteiger partial charge is 0.327 e. The van der Waals surface area contributed by atoms with E-state index in [0.717, 1.165) is 25.7 Å². The molecule has 4 heteroatoms. The molecule has 0 amide bonds. The van der Waals surface area contributed by atoms with Crippen LogP contribution in [0.5, 0.6) is 0 Å². The van der Waals surface area contributed by atoms with Crippen molar-refractivity contribution in [3.63, 3.8) is 0 Å². The van der Waals surface area contributed by atoms with Gasteiger partial charge in [-0.15, -0.1) is 0 Å². The highest BCUT2D eigenvalue weighted by atomic mass is 16.5. The Kier molecular flexibility index (Phi) is 5.60. The molecule has 0 aliphatic heterocycles. The number of esters is 1. The van der Waals surface area contributed by atoms with E-state index in [9.17, 15) is 4.79 Å². The minimum Gasteiger partial charge on any atom is -0.465 e. The summed E-state index contributed by atoms with van der Waals surface area (Å²) < 4.78 is 5.17. The number of nitrogens with zero attached hydrogens (tertiary/aromatic N) is 1. The molecule has 106 valence electrons. The largest absolute Gasteiger partial charge is 0.465 e. The third kappa shape index (κ3) is 3.45. The van der Waals surface area contributed by atoms with Crippen LogP contribution >= 0.6 is 0 Å². The first-order valence-corrected chi connectivity index (χ1v) is 7.15. The minimum atomic E-state index is -0.812. The molecule has 0 aromatic carbocycles. The van der Waals surface area contributed by atoms with Gasteiger partial charge in [0.1, 0.15) is 5.54 Å². The van der Waals surface area contributed by atoms with E-state index in [1.165, 1.54) is 0 Å². The van der Waals surface area contributed by atoms with Crippen molar-refractivity contribution < 1.29 is 9.53 Å². The van der Waals surface area contributed by atoms with Crippen molar-refractivity contribution in [3.8, 4) is 0 Å². The van der Waals surface area contributed by atoms with Crippen molar-refractivity contribution in [2.24, 2.45) is 11.7 Å². The zero-order chi connectivity index (χ0) is 13.8. The van der Waals surface area contributed by atoms with Gasteiger partial charge in [-0.05, 0) is 45.6 Å². The lowest BCUT2D eigenvalue weighted by Gasteiger charge is -2.35. The highest BCUT2D eigenvalue weighted by Gasteiger charge is 2.50. The fraction of sp³-hybridized carbons (Fsp3) is 0.929. The van der Waals surface area contributed by atoms with Crippen LogP contribution in [0.4, 0.5) is 0 Å². The van der Waals surface area contributed by atoms with E-state index in [-0.39, 0.29) is 5.97 Å². The summed E-state index contributed by atoms with van der Waals surface area (Å²) in [5.74, 6) is 0.0682. The third-order valence-corrected chi connectivity index (χ3v) is 4.04. The Morgan fingerprint density at radius 2 is 1.94 bits per heavy atom. The molecule has 18 heavy (non-hydrogen) atoms. The van der Waals surface area contributed by atoms with Crippen LogP contribution in [0.2, 0.25) is 0 Å². The van der Waals surface area contributed by atoms with Crippen molar-refractivity contribution in [2.75, 3.05) is 20.2 Å². The van der Waals surface area contributed by atoms with Crippen molar-refractivity contribution in [2.45, 2.75) is 58.0 Å². The van der Waals surface area contributed by atoms with Crippen molar-refractivity contribution >= 4 is 5.97 Å². The predicted molar refractivity (Wildman–Crippen MR) is 73.3 cm³/mol. The number of nitrogens with two attached hydrogens (primary N) is 1. The first kappa shape index (κ1) is 15.4. The molecule has 0 aromatic rings. The van der Waals surface area contributed by atoms with Gasteiger partial charge in [0, 0.05) is 12.6 Å². The second-order valence-corrected chi connectivity index (χ2v) is 5.42. The second kappa shape index (κ2) is 6.53. The molecule has 1 atom stereocenters. The van der Waals surface area contributed by atoms with E-state index in [4.69, 9.17) is 10.5 Å². The Morgan fingerprint density at radius 1 is 1.39 bits per heavy atom. The number of hydrogen-bond donors (Lipinski definition) is 1. The van der Waals surface area contributed by atoms with Gasteiger partial charge in [-0.25, -0.2) is 4.79 Å². The fourth-order valence-electron chi connectivity index (χ4n) is 2.68. The number of carbonyl (C=O) groups is 1. The van der Waals surface area contributed by atoms with E-state index in [0.29, 0.717) is 25.1 Å². The lowest BCUT2D eigenvalue weighted by Crippen LogP contribution is -2.59. The maximum atomic E-state index is 12.1. The van der Waals surface area contributed by atoms with E-state index in [1.54, 1.807) is 0 Å². The topological polar surface area (TPSA) is 55.6 Å². The number of ether oxygens (including phenoxy) is 1. The summed E-state index contributed by atoms with van der Waals surface area (Å²) in [4.78, 5) is 14.3. The summed E-state index contributed by atoms with van der Waals surface area (Å²) >= 11 is 0. The van der Waals surface area contributed by atoms with E-state index in [1.807, 2.05) is 6.92 Å². The maximum absolute atomic E-state index is 12.1. The van der Waals surface area contributed by atoms with Crippen molar-refractivity contribution in [3.05, 3.63) is 0 Å². The summed E-state index contributed by atoms with van der Waals surface area (Å²) in [6.07, 6.45) is 4.26.